The van der Waals surface area contributed by atoms with Crippen molar-refractivity contribution in [1.82, 2.24) is 4.98 Å². The smallest absolute Gasteiger partial charge is 0.340 e. The molecule has 0 unspecified atom stereocenters. The van der Waals surface area contributed by atoms with Crippen LogP contribution in [0.5, 0.6) is 0 Å². The van der Waals surface area contributed by atoms with Gasteiger partial charge < -0.3 is 10.1 Å². The van der Waals surface area contributed by atoms with Crippen LogP contribution in [0.15, 0.2) is 59.1 Å². The van der Waals surface area contributed by atoms with Gasteiger partial charge in [-0.15, -0.1) is 11.3 Å². The maximum absolute atomic E-state index is 13.5. The van der Waals surface area contributed by atoms with E-state index in [2.05, 4.69) is 52.4 Å². The standard InChI is InChI=1S/C27H25BrN2O3S/c1-4-5-6-17-7-9-18(10-8-17)24-15-21(20-14-19(28)11-12-23(20)29-24)25(31)30-26-22(27(32)33-3)13-16(2)34-26/h7-15H,4-6H2,1-3H3,(H,30,31). The van der Waals surface area contributed by atoms with E-state index in [4.69, 9.17) is 9.72 Å². The maximum Gasteiger partial charge on any atom is 0.340 e. The third kappa shape index (κ3) is 5.21. The monoisotopic (exact) mass is 536 g/mol. The van der Waals surface area contributed by atoms with Crippen molar-refractivity contribution in [3.05, 3.63) is 80.6 Å². The molecule has 1 N–H and O–H groups in total. The molecular formula is C27H25BrN2O3S. The number of unbranched alkanes of at least 4 members (excludes halogenated alkanes) is 1. The molecule has 0 aliphatic heterocycles. The SMILES string of the molecule is CCCCc1ccc(-c2cc(C(=O)Nc3sc(C)cc3C(=O)OC)c3cc(Br)ccc3n2)cc1. The van der Waals surface area contributed by atoms with E-state index in [0.29, 0.717) is 16.1 Å². The minimum absolute atomic E-state index is 0.307. The number of carbonyl (C=O) groups is 2. The quantitative estimate of drug-likeness (QED) is 0.249. The maximum atomic E-state index is 13.5. The average Bonchev–Trinajstić information content (AvgIpc) is 3.21. The van der Waals surface area contributed by atoms with Crippen molar-refractivity contribution in [2.45, 2.75) is 33.1 Å². The zero-order valence-electron chi connectivity index (χ0n) is 19.3. The van der Waals surface area contributed by atoms with Gasteiger partial charge in [0, 0.05) is 20.3 Å². The molecule has 4 rings (SSSR count). The normalized spacial score (nSPS) is 10.9. The molecule has 0 aliphatic rings. The Morgan fingerprint density at radius 3 is 2.53 bits per heavy atom. The summed E-state index contributed by atoms with van der Waals surface area (Å²) >= 11 is 4.84. The van der Waals surface area contributed by atoms with Crippen LogP contribution in [0.3, 0.4) is 0 Å². The van der Waals surface area contributed by atoms with Gasteiger partial charge in [0.05, 0.1) is 29.4 Å². The first-order valence-electron chi connectivity index (χ1n) is 11.1. The van der Waals surface area contributed by atoms with E-state index in [1.807, 2.05) is 31.2 Å². The topological polar surface area (TPSA) is 68.3 Å². The van der Waals surface area contributed by atoms with Crippen molar-refractivity contribution in [3.8, 4) is 11.3 Å². The number of anilines is 1. The van der Waals surface area contributed by atoms with Crippen molar-refractivity contribution < 1.29 is 14.3 Å². The van der Waals surface area contributed by atoms with Crippen molar-refractivity contribution in [2.75, 3.05) is 12.4 Å². The summed E-state index contributed by atoms with van der Waals surface area (Å²) in [5.41, 5.74) is 4.51. The number of pyridine rings is 1. The number of ether oxygens (including phenoxy) is 1. The molecule has 1 amide bonds. The molecule has 34 heavy (non-hydrogen) atoms. The summed E-state index contributed by atoms with van der Waals surface area (Å²) in [5.74, 6) is -0.788. The number of fused-ring (bicyclic) bond motifs is 1. The molecule has 0 atom stereocenters. The molecule has 0 radical (unpaired) electrons. The number of rotatable bonds is 7. The van der Waals surface area contributed by atoms with Crippen LogP contribution in [0.4, 0.5) is 5.00 Å². The second-order valence-electron chi connectivity index (χ2n) is 8.06. The molecule has 0 saturated carbocycles. The van der Waals surface area contributed by atoms with Gasteiger partial charge in [-0.05, 0) is 55.7 Å². The number of nitrogens with zero attached hydrogens (tertiary/aromatic N) is 1. The van der Waals surface area contributed by atoms with Gasteiger partial charge in [-0.3, -0.25) is 4.79 Å². The van der Waals surface area contributed by atoms with Crippen LogP contribution >= 0.6 is 27.3 Å². The number of nitrogens with one attached hydrogen (secondary N) is 1. The Labute approximate surface area is 211 Å². The molecule has 0 fully saturated rings. The molecule has 4 aromatic rings. The number of amides is 1. The zero-order valence-corrected chi connectivity index (χ0v) is 21.7. The van der Waals surface area contributed by atoms with E-state index in [1.54, 1.807) is 6.07 Å². The van der Waals surface area contributed by atoms with E-state index in [0.717, 1.165) is 50.8 Å². The number of methoxy groups -OCH3 is 1. The largest absolute Gasteiger partial charge is 0.465 e. The number of aromatic nitrogens is 1. The fourth-order valence-electron chi connectivity index (χ4n) is 3.80. The van der Waals surface area contributed by atoms with Crippen LogP contribution in [-0.4, -0.2) is 24.0 Å². The second-order valence-corrected chi connectivity index (χ2v) is 10.2. The average molecular weight is 537 g/mol. The zero-order chi connectivity index (χ0) is 24.2. The summed E-state index contributed by atoms with van der Waals surface area (Å²) in [6, 6.07) is 17.6. The predicted octanol–water partition coefficient (Wildman–Crippen LogP) is 7.42. The number of esters is 1. The Morgan fingerprint density at radius 2 is 1.82 bits per heavy atom. The number of carbonyl (C=O) groups excluding carboxylic acids is 2. The van der Waals surface area contributed by atoms with E-state index in [1.165, 1.54) is 24.0 Å². The van der Waals surface area contributed by atoms with Crippen molar-refractivity contribution in [3.63, 3.8) is 0 Å². The summed E-state index contributed by atoms with van der Waals surface area (Å²) in [6.45, 7) is 4.07. The number of halogens is 1. The van der Waals surface area contributed by atoms with Gasteiger partial charge in [0.2, 0.25) is 0 Å². The molecule has 174 valence electrons. The number of benzene rings is 2. The highest BCUT2D eigenvalue weighted by Gasteiger charge is 2.20. The van der Waals surface area contributed by atoms with E-state index >= 15 is 0 Å². The number of thiophene rings is 1. The van der Waals surface area contributed by atoms with Crippen LogP contribution in [-0.2, 0) is 11.2 Å². The summed E-state index contributed by atoms with van der Waals surface area (Å²) in [4.78, 5) is 31.4. The molecule has 5 nitrogen and oxygen atoms in total. The van der Waals surface area contributed by atoms with Crippen molar-refractivity contribution in [1.29, 1.82) is 0 Å². The van der Waals surface area contributed by atoms with Gasteiger partial charge in [-0.25, -0.2) is 9.78 Å². The molecule has 7 heteroatoms. The Hall–Kier alpha value is -3.03. The lowest BCUT2D eigenvalue weighted by Gasteiger charge is -2.12. The lowest BCUT2D eigenvalue weighted by molar-refractivity contribution is 0.0602. The molecule has 2 aromatic carbocycles. The fourth-order valence-corrected chi connectivity index (χ4v) is 5.05. The van der Waals surface area contributed by atoms with Gasteiger partial charge in [0.1, 0.15) is 5.00 Å². The molecule has 0 saturated heterocycles. The highest BCUT2D eigenvalue weighted by molar-refractivity contribution is 9.10. The van der Waals surface area contributed by atoms with E-state index in [-0.39, 0.29) is 5.91 Å². The van der Waals surface area contributed by atoms with E-state index < -0.39 is 5.97 Å². The van der Waals surface area contributed by atoms with Gasteiger partial charge in [-0.1, -0.05) is 53.5 Å². The second kappa shape index (κ2) is 10.5. The van der Waals surface area contributed by atoms with Crippen LogP contribution in [0.25, 0.3) is 22.2 Å². The van der Waals surface area contributed by atoms with Crippen LogP contribution in [0, 0.1) is 6.92 Å². The summed E-state index contributed by atoms with van der Waals surface area (Å²) < 4.78 is 5.73. The Balaban J connectivity index is 1.75. The van der Waals surface area contributed by atoms with Crippen LogP contribution in [0.1, 0.15) is 50.9 Å². The van der Waals surface area contributed by atoms with Crippen LogP contribution < -0.4 is 5.32 Å². The summed E-state index contributed by atoms with van der Waals surface area (Å²) in [6.07, 6.45) is 3.36. The van der Waals surface area contributed by atoms with Gasteiger partial charge in [0.25, 0.3) is 5.91 Å². The molecule has 0 spiro atoms. The molecule has 0 bridgehead atoms. The number of aryl methyl sites for hydroxylation is 2. The Kier molecular flexibility index (Phi) is 7.44. The van der Waals surface area contributed by atoms with Crippen molar-refractivity contribution in [2.24, 2.45) is 0 Å². The highest BCUT2D eigenvalue weighted by Crippen LogP contribution is 2.31. The van der Waals surface area contributed by atoms with Gasteiger partial charge in [0.15, 0.2) is 0 Å². The highest BCUT2D eigenvalue weighted by atomic mass is 79.9. The third-order valence-corrected chi connectivity index (χ3v) is 7.03. The lowest BCUT2D eigenvalue weighted by Crippen LogP contribution is -2.14. The first-order valence-corrected chi connectivity index (χ1v) is 12.7. The Bertz CT molecular complexity index is 1360. The number of hydrogen-bond donors (Lipinski definition) is 1. The summed E-state index contributed by atoms with van der Waals surface area (Å²) in [5, 5.41) is 4.11. The third-order valence-electron chi connectivity index (χ3n) is 5.57. The first-order chi connectivity index (χ1) is 16.4. The summed E-state index contributed by atoms with van der Waals surface area (Å²) in [7, 11) is 1.33. The van der Waals surface area contributed by atoms with E-state index in [9.17, 15) is 9.59 Å². The molecule has 2 aromatic heterocycles. The molecular weight excluding hydrogens is 512 g/mol. The lowest BCUT2D eigenvalue weighted by atomic mass is 10.0. The predicted molar refractivity (Wildman–Crippen MR) is 142 cm³/mol. The Morgan fingerprint density at radius 1 is 1.06 bits per heavy atom. The molecule has 2 heterocycles. The minimum Gasteiger partial charge on any atom is -0.465 e. The van der Waals surface area contributed by atoms with Crippen molar-refractivity contribution >= 4 is 55.0 Å². The van der Waals surface area contributed by atoms with Gasteiger partial charge in [-0.2, -0.15) is 0 Å². The fraction of sp³-hybridized carbons (Fsp3) is 0.222. The van der Waals surface area contributed by atoms with Crippen LogP contribution in [0.2, 0.25) is 0 Å². The first kappa shape index (κ1) is 24.1. The molecule has 0 aliphatic carbocycles. The minimum atomic E-state index is -0.481. The van der Waals surface area contributed by atoms with Gasteiger partial charge >= 0.3 is 5.97 Å². The number of hydrogen-bond acceptors (Lipinski definition) is 5.